The van der Waals surface area contributed by atoms with E-state index in [9.17, 15) is 13.2 Å². The van der Waals surface area contributed by atoms with Crippen molar-refractivity contribution in [3.63, 3.8) is 0 Å². The molecule has 0 spiro atoms. The van der Waals surface area contributed by atoms with Crippen LogP contribution in [-0.4, -0.2) is 48.5 Å². The van der Waals surface area contributed by atoms with E-state index in [-0.39, 0.29) is 16.7 Å². The van der Waals surface area contributed by atoms with E-state index in [0.29, 0.717) is 42.7 Å². The molecule has 0 aliphatic carbocycles. The molecular weight excluding hydrogens is 464 g/mol. The van der Waals surface area contributed by atoms with E-state index < -0.39 is 16.1 Å². The topological polar surface area (TPSA) is 105 Å². The van der Waals surface area contributed by atoms with Crippen LogP contribution in [0.4, 0.5) is 0 Å². The number of benzene rings is 2. The summed E-state index contributed by atoms with van der Waals surface area (Å²) in [6.07, 6.45) is 1.32. The highest BCUT2D eigenvalue weighted by atomic mass is 35.5. The van der Waals surface area contributed by atoms with Crippen molar-refractivity contribution >= 4 is 27.5 Å². The highest BCUT2D eigenvalue weighted by Gasteiger charge is 2.31. The number of halogens is 1. The third kappa shape index (κ3) is 5.43. The van der Waals surface area contributed by atoms with Crippen molar-refractivity contribution in [1.29, 1.82) is 0 Å². The Kier molecular flexibility index (Phi) is 6.83. The standard InChI is InChI=1S/C23H25ClN4O4S/c1-15-3-9-20(10-4-15)33(30,31)27-16(2)23(29)28-13-11-18(12-14-28)22-25-21(26-32-22)17-5-7-19(24)8-6-17/h3-10,16,18,27H,11-14H2,1-2H3/t16-/m0/s1. The minimum Gasteiger partial charge on any atom is -0.341 e. The van der Waals surface area contributed by atoms with Gasteiger partial charge in [-0.05, 0) is 63.1 Å². The molecule has 4 rings (SSSR count). The second kappa shape index (κ2) is 9.62. The molecule has 2 heterocycles. The molecule has 1 aliphatic rings. The zero-order valence-corrected chi connectivity index (χ0v) is 19.9. The smallest absolute Gasteiger partial charge is 0.241 e. The molecule has 2 aromatic carbocycles. The molecule has 1 amide bonds. The van der Waals surface area contributed by atoms with Crippen molar-refractivity contribution in [2.45, 2.75) is 43.5 Å². The van der Waals surface area contributed by atoms with Gasteiger partial charge in [0.25, 0.3) is 0 Å². The predicted molar refractivity (Wildman–Crippen MR) is 124 cm³/mol. The molecule has 1 N–H and O–H groups in total. The highest BCUT2D eigenvalue weighted by Crippen LogP contribution is 2.29. The van der Waals surface area contributed by atoms with E-state index >= 15 is 0 Å². The van der Waals surface area contributed by atoms with Crippen LogP contribution >= 0.6 is 11.6 Å². The van der Waals surface area contributed by atoms with Crippen LogP contribution in [0, 0.1) is 6.92 Å². The number of carbonyl (C=O) groups is 1. The van der Waals surface area contributed by atoms with Crippen LogP contribution in [0.1, 0.15) is 37.1 Å². The van der Waals surface area contributed by atoms with E-state index in [1.165, 1.54) is 12.1 Å². The number of aromatic nitrogens is 2. The molecule has 1 aliphatic heterocycles. The van der Waals surface area contributed by atoms with E-state index in [4.69, 9.17) is 16.1 Å². The van der Waals surface area contributed by atoms with Gasteiger partial charge in [-0.3, -0.25) is 4.79 Å². The summed E-state index contributed by atoms with van der Waals surface area (Å²) < 4.78 is 33.2. The normalized spacial score (nSPS) is 16.0. The number of carbonyl (C=O) groups excluding carboxylic acids is 1. The lowest BCUT2D eigenvalue weighted by Gasteiger charge is -2.32. The average Bonchev–Trinajstić information content (AvgIpc) is 3.29. The van der Waals surface area contributed by atoms with Gasteiger partial charge in [-0.25, -0.2) is 8.42 Å². The summed E-state index contributed by atoms with van der Waals surface area (Å²) in [6.45, 7) is 4.42. The molecule has 1 atom stereocenters. The maximum absolute atomic E-state index is 12.9. The number of amides is 1. The van der Waals surface area contributed by atoms with Crippen molar-refractivity contribution in [2.24, 2.45) is 0 Å². The first kappa shape index (κ1) is 23.4. The number of hydrogen-bond acceptors (Lipinski definition) is 6. The van der Waals surface area contributed by atoms with E-state index in [0.717, 1.165) is 11.1 Å². The van der Waals surface area contributed by atoms with E-state index in [1.54, 1.807) is 36.1 Å². The predicted octanol–water partition coefficient (Wildman–Crippen LogP) is 3.77. The Morgan fingerprint density at radius 2 is 1.76 bits per heavy atom. The Bertz CT molecular complexity index is 1220. The molecular formula is C23H25ClN4O4S. The Labute approximate surface area is 198 Å². The van der Waals surface area contributed by atoms with Crippen LogP contribution in [0.2, 0.25) is 5.02 Å². The summed E-state index contributed by atoms with van der Waals surface area (Å²) >= 11 is 5.93. The molecule has 0 radical (unpaired) electrons. The number of likely N-dealkylation sites (tertiary alicyclic amines) is 1. The van der Waals surface area contributed by atoms with Crippen molar-refractivity contribution in [2.75, 3.05) is 13.1 Å². The summed E-state index contributed by atoms with van der Waals surface area (Å²) in [4.78, 5) is 19.2. The Balaban J connectivity index is 1.34. The maximum atomic E-state index is 12.9. The second-order valence-electron chi connectivity index (χ2n) is 8.22. The highest BCUT2D eigenvalue weighted by molar-refractivity contribution is 7.89. The molecule has 0 unspecified atom stereocenters. The number of nitrogens with one attached hydrogen (secondary N) is 1. The maximum Gasteiger partial charge on any atom is 0.241 e. The van der Waals surface area contributed by atoms with Crippen LogP contribution < -0.4 is 4.72 Å². The zero-order chi connectivity index (χ0) is 23.6. The zero-order valence-electron chi connectivity index (χ0n) is 18.4. The summed E-state index contributed by atoms with van der Waals surface area (Å²) in [5.74, 6) is 0.832. The van der Waals surface area contributed by atoms with Gasteiger partial charge in [-0.2, -0.15) is 9.71 Å². The van der Waals surface area contributed by atoms with Crippen LogP contribution in [0.25, 0.3) is 11.4 Å². The molecule has 0 bridgehead atoms. The fourth-order valence-corrected chi connectivity index (χ4v) is 5.13. The van der Waals surface area contributed by atoms with E-state index in [2.05, 4.69) is 14.9 Å². The minimum absolute atomic E-state index is 0.0437. The van der Waals surface area contributed by atoms with Crippen LogP contribution in [-0.2, 0) is 14.8 Å². The van der Waals surface area contributed by atoms with Gasteiger partial charge in [0.1, 0.15) is 0 Å². The monoisotopic (exact) mass is 488 g/mol. The van der Waals surface area contributed by atoms with Crippen LogP contribution in [0.3, 0.4) is 0 Å². The SMILES string of the molecule is Cc1ccc(S(=O)(=O)N[C@@H](C)C(=O)N2CCC(c3nc(-c4ccc(Cl)cc4)no3)CC2)cc1. The van der Waals surface area contributed by atoms with Gasteiger partial charge >= 0.3 is 0 Å². The third-order valence-corrected chi connectivity index (χ3v) is 7.54. The van der Waals surface area contributed by atoms with Gasteiger partial charge in [-0.15, -0.1) is 0 Å². The molecule has 10 heteroatoms. The molecule has 0 saturated carbocycles. The lowest BCUT2D eigenvalue weighted by Crippen LogP contribution is -2.49. The first-order valence-corrected chi connectivity index (χ1v) is 12.6. The number of sulfonamides is 1. The molecule has 174 valence electrons. The lowest BCUT2D eigenvalue weighted by atomic mass is 9.96. The molecule has 1 saturated heterocycles. The summed E-state index contributed by atoms with van der Waals surface area (Å²) in [6, 6.07) is 12.8. The van der Waals surface area contributed by atoms with Gasteiger partial charge in [0.05, 0.1) is 10.9 Å². The molecule has 1 aromatic heterocycles. The van der Waals surface area contributed by atoms with Crippen molar-refractivity contribution in [3.8, 4) is 11.4 Å². The Morgan fingerprint density at radius 1 is 1.12 bits per heavy atom. The first-order valence-electron chi connectivity index (χ1n) is 10.7. The number of hydrogen-bond donors (Lipinski definition) is 1. The fourth-order valence-electron chi connectivity index (χ4n) is 3.81. The number of piperidine rings is 1. The van der Waals surface area contributed by atoms with Gasteiger partial charge < -0.3 is 9.42 Å². The molecule has 8 nitrogen and oxygen atoms in total. The third-order valence-electron chi connectivity index (χ3n) is 5.73. The molecule has 3 aromatic rings. The van der Waals surface area contributed by atoms with Crippen LogP contribution in [0.5, 0.6) is 0 Å². The van der Waals surface area contributed by atoms with Gasteiger partial charge in [-0.1, -0.05) is 34.5 Å². The average molecular weight is 489 g/mol. The Hall–Kier alpha value is -2.75. The Morgan fingerprint density at radius 3 is 2.39 bits per heavy atom. The van der Waals surface area contributed by atoms with Gasteiger partial charge in [0, 0.05) is 29.6 Å². The van der Waals surface area contributed by atoms with Crippen molar-refractivity contribution in [1.82, 2.24) is 19.8 Å². The molecule has 33 heavy (non-hydrogen) atoms. The first-order chi connectivity index (χ1) is 15.7. The van der Waals surface area contributed by atoms with Crippen LogP contribution in [0.15, 0.2) is 57.9 Å². The number of rotatable bonds is 6. The molecule has 1 fully saturated rings. The minimum atomic E-state index is -3.78. The van der Waals surface area contributed by atoms with Crippen molar-refractivity contribution < 1.29 is 17.7 Å². The quantitative estimate of drug-likeness (QED) is 0.566. The van der Waals surface area contributed by atoms with Crippen molar-refractivity contribution in [3.05, 3.63) is 65.0 Å². The largest absolute Gasteiger partial charge is 0.341 e. The summed E-state index contributed by atoms with van der Waals surface area (Å²) in [5, 5.41) is 4.70. The van der Waals surface area contributed by atoms with E-state index in [1.807, 2.05) is 19.1 Å². The van der Waals surface area contributed by atoms with Gasteiger partial charge in [0.2, 0.25) is 27.6 Å². The summed E-state index contributed by atoms with van der Waals surface area (Å²) in [7, 11) is -3.78. The second-order valence-corrected chi connectivity index (χ2v) is 10.4. The number of nitrogens with zero attached hydrogens (tertiary/aromatic N) is 3. The lowest BCUT2D eigenvalue weighted by molar-refractivity contribution is -0.133. The fraction of sp³-hybridized carbons (Fsp3) is 0.348. The van der Waals surface area contributed by atoms with Gasteiger partial charge in [0.15, 0.2) is 0 Å². The number of aryl methyl sites for hydroxylation is 1. The summed E-state index contributed by atoms with van der Waals surface area (Å²) in [5.41, 5.74) is 1.78.